The van der Waals surface area contributed by atoms with Crippen molar-refractivity contribution in [2.45, 2.75) is 11.8 Å². The topological polar surface area (TPSA) is 106 Å². The van der Waals surface area contributed by atoms with E-state index in [0.717, 1.165) is 0 Å². The fourth-order valence-corrected chi connectivity index (χ4v) is 1.98. The van der Waals surface area contributed by atoms with Gasteiger partial charge in [0.2, 0.25) is 5.71 Å². The molecule has 0 saturated heterocycles. The molecule has 0 unspecified atom stereocenters. The zero-order chi connectivity index (χ0) is 13.6. The third-order valence-corrected chi connectivity index (χ3v) is 3.85. The highest BCUT2D eigenvalue weighted by Gasteiger charge is 2.10. The van der Waals surface area contributed by atoms with Gasteiger partial charge in [-0.3, -0.25) is 5.43 Å². The molecule has 92 valence electrons. The summed E-state index contributed by atoms with van der Waals surface area (Å²) >= 11 is 0. The van der Waals surface area contributed by atoms with Gasteiger partial charge in [0.05, 0.1) is 16.3 Å². The van der Waals surface area contributed by atoms with Crippen molar-refractivity contribution in [3.63, 3.8) is 0 Å². The predicted octanol–water partition coefficient (Wildman–Crippen LogP) is 1.30. The van der Waals surface area contributed by atoms with Crippen molar-refractivity contribution < 1.29 is 8.42 Å². The summed E-state index contributed by atoms with van der Waals surface area (Å²) in [5.41, 5.74) is 2.68. The van der Waals surface area contributed by atoms with Gasteiger partial charge in [0.15, 0.2) is 9.84 Å². The number of hydrazone groups is 1. The summed E-state index contributed by atoms with van der Waals surface area (Å²) in [6, 6.07) is 9.10. The highest BCUT2D eigenvalue weighted by atomic mass is 32.2. The van der Waals surface area contributed by atoms with E-state index in [9.17, 15) is 8.42 Å². The van der Waals surface area contributed by atoms with E-state index < -0.39 is 9.84 Å². The van der Waals surface area contributed by atoms with E-state index in [-0.39, 0.29) is 16.4 Å². The van der Waals surface area contributed by atoms with E-state index in [0.29, 0.717) is 5.69 Å². The third-order valence-electron chi connectivity index (χ3n) is 2.10. The molecule has 1 N–H and O–H groups in total. The molecule has 0 spiro atoms. The second-order valence-corrected chi connectivity index (χ2v) is 5.50. The van der Waals surface area contributed by atoms with Crippen molar-refractivity contribution in [2.75, 3.05) is 11.2 Å². The average molecular weight is 262 g/mol. The summed E-state index contributed by atoms with van der Waals surface area (Å²) in [6.45, 7) is 1.57. The third kappa shape index (κ3) is 3.30. The summed E-state index contributed by atoms with van der Waals surface area (Å²) < 4.78 is 23.1. The number of nitriles is 2. The monoisotopic (exact) mass is 262 g/mol. The molecule has 1 aromatic carbocycles. The first-order valence-corrected chi connectivity index (χ1v) is 6.65. The van der Waals surface area contributed by atoms with Crippen LogP contribution < -0.4 is 5.43 Å². The fourth-order valence-electron chi connectivity index (χ4n) is 1.10. The normalized spacial score (nSPS) is 9.94. The smallest absolute Gasteiger partial charge is 0.237 e. The lowest BCUT2D eigenvalue weighted by Gasteiger charge is -2.03. The van der Waals surface area contributed by atoms with Crippen molar-refractivity contribution in [1.82, 2.24) is 0 Å². The Bertz CT molecular complexity index is 617. The summed E-state index contributed by atoms with van der Waals surface area (Å²) in [5, 5.41) is 20.5. The first kappa shape index (κ1) is 13.7. The number of nitrogens with zero attached hydrogens (tertiary/aromatic N) is 3. The van der Waals surface area contributed by atoms with Gasteiger partial charge in [-0.25, -0.2) is 8.42 Å². The molecule has 0 aliphatic rings. The number of anilines is 1. The van der Waals surface area contributed by atoms with Crippen molar-refractivity contribution in [3.05, 3.63) is 24.3 Å². The first-order valence-electron chi connectivity index (χ1n) is 5.00. The fraction of sp³-hybridized carbons (Fsp3) is 0.182. The van der Waals surface area contributed by atoms with Gasteiger partial charge >= 0.3 is 0 Å². The molecule has 0 amide bonds. The van der Waals surface area contributed by atoms with Crippen LogP contribution in [0.25, 0.3) is 0 Å². The Morgan fingerprint density at radius 3 is 2.28 bits per heavy atom. The van der Waals surface area contributed by atoms with E-state index in [1.807, 2.05) is 0 Å². The van der Waals surface area contributed by atoms with Crippen molar-refractivity contribution in [2.24, 2.45) is 5.10 Å². The van der Waals surface area contributed by atoms with Crippen LogP contribution in [0.4, 0.5) is 5.69 Å². The van der Waals surface area contributed by atoms with Crippen LogP contribution in [0, 0.1) is 22.7 Å². The molecule has 0 atom stereocenters. The van der Waals surface area contributed by atoms with Gasteiger partial charge in [0.1, 0.15) is 12.1 Å². The minimum atomic E-state index is -3.22. The van der Waals surface area contributed by atoms with E-state index in [4.69, 9.17) is 10.5 Å². The van der Waals surface area contributed by atoms with Crippen LogP contribution in [0.3, 0.4) is 0 Å². The van der Waals surface area contributed by atoms with Crippen LogP contribution in [0.1, 0.15) is 6.92 Å². The molecule has 0 saturated carbocycles. The average Bonchev–Trinajstić information content (AvgIpc) is 2.40. The van der Waals surface area contributed by atoms with E-state index in [1.54, 1.807) is 19.1 Å². The lowest BCUT2D eigenvalue weighted by atomic mass is 10.3. The Morgan fingerprint density at radius 1 is 1.28 bits per heavy atom. The molecule has 6 nitrogen and oxygen atoms in total. The zero-order valence-corrected chi connectivity index (χ0v) is 10.4. The zero-order valence-electron chi connectivity index (χ0n) is 9.58. The molecule has 0 aliphatic carbocycles. The van der Waals surface area contributed by atoms with Gasteiger partial charge in [0, 0.05) is 0 Å². The van der Waals surface area contributed by atoms with Crippen LogP contribution in [0.2, 0.25) is 0 Å². The Balaban J connectivity index is 2.90. The first-order chi connectivity index (χ1) is 8.53. The molecule has 18 heavy (non-hydrogen) atoms. The van der Waals surface area contributed by atoms with Crippen LogP contribution in [0.15, 0.2) is 34.3 Å². The van der Waals surface area contributed by atoms with E-state index in [2.05, 4.69) is 10.5 Å². The molecule has 0 bridgehead atoms. The number of benzene rings is 1. The maximum absolute atomic E-state index is 11.5. The Labute approximate surface area is 105 Å². The van der Waals surface area contributed by atoms with Crippen molar-refractivity contribution in [1.29, 1.82) is 10.5 Å². The molecule has 0 aromatic heterocycles. The number of hydrogen-bond donors (Lipinski definition) is 1. The van der Waals surface area contributed by atoms with Gasteiger partial charge in [-0.05, 0) is 24.3 Å². The number of hydrogen-bond acceptors (Lipinski definition) is 6. The number of nitrogens with one attached hydrogen (secondary N) is 1. The minimum Gasteiger partial charge on any atom is -0.277 e. The number of rotatable bonds is 4. The van der Waals surface area contributed by atoms with Crippen molar-refractivity contribution >= 4 is 21.2 Å². The maximum Gasteiger partial charge on any atom is 0.237 e. The SMILES string of the molecule is CCS(=O)(=O)c1ccc(NN=C(C#N)C#N)cc1. The molecular formula is C11H10N4O2S. The van der Waals surface area contributed by atoms with Gasteiger partial charge in [-0.1, -0.05) is 6.92 Å². The minimum absolute atomic E-state index is 0.0327. The van der Waals surface area contributed by atoms with E-state index in [1.165, 1.54) is 24.3 Å². The standard InChI is InChI=1S/C11H10N4O2S/c1-2-18(16,17)11-5-3-9(4-6-11)14-15-10(7-12)8-13/h3-6,14H,2H2,1H3. The van der Waals surface area contributed by atoms with Crippen LogP contribution >= 0.6 is 0 Å². The largest absolute Gasteiger partial charge is 0.277 e. The second-order valence-electron chi connectivity index (χ2n) is 3.22. The second kappa shape index (κ2) is 5.80. The van der Waals surface area contributed by atoms with Gasteiger partial charge in [-0.2, -0.15) is 15.6 Å². The Morgan fingerprint density at radius 2 is 1.83 bits per heavy atom. The van der Waals surface area contributed by atoms with Gasteiger partial charge in [0.25, 0.3) is 0 Å². The summed E-state index contributed by atoms with van der Waals surface area (Å²) in [5.74, 6) is 0.0327. The predicted molar refractivity (Wildman–Crippen MR) is 66.5 cm³/mol. The van der Waals surface area contributed by atoms with E-state index >= 15 is 0 Å². The lowest BCUT2D eigenvalue weighted by Crippen LogP contribution is -2.03. The van der Waals surface area contributed by atoms with Gasteiger partial charge in [-0.15, -0.1) is 0 Å². The molecule has 0 heterocycles. The molecule has 7 heteroatoms. The Hall–Kier alpha value is -2.38. The lowest BCUT2D eigenvalue weighted by molar-refractivity contribution is 0.597. The number of sulfone groups is 1. The van der Waals surface area contributed by atoms with Crippen molar-refractivity contribution in [3.8, 4) is 12.1 Å². The molecule has 0 radical (unpaired) electrons. The van der Waals surface area contributed by atoms with Gasteiger partial charge < -0.3 is 0 Å². The highest BCUT2D eigenvalue weighted by Crippen LogP contribution is 2.15. The van der Waals surface area contributed by atoms with Crippen LogP contribution in [-0.4, -0.2) is 19.9 Å². The molecular weight excluding hydrogens is 252 g/mol. The summed E-state index contributed by atoms with van der Waals surface area (Å²) in [7, 11) is -3.22. The highest BCUT2D eigenvalue weighted by molar-refractivity contribution is 7.91. The molecule has 1 aromatic rings. The molecule has 1 rings (SSSR count). The summed E-state index contributed by atoms with van der Waals surface area (Å²) in [4.78, 5) is 0.223. The van der Waals surface area contributed by atoms with Crippen LogP contribution in [-0.2, 0) is 9.84 Å². The maximum atomic E-state index is 11.5. The summed E-state index contributed by atoms with van der Waals surface area (Å²) in [6.07, 6.45) is 0. The molecule has 0 aliphatic heterocycles. The quantitative estimate of drug-likeness (QED) is 0.650. The Kier molecular flexibility index (Phi) is 4.41. The van der Waals surface area contributed by atoms with Crippen LogP contribution in [0.5, 0.6) is 0 Å². The molecule has 0 fully saturated rings.